The fraction of sp³-hybridized carbons (Fsp3) is 0.222. The summed E-state index contributed by atoms with van der Waals surface area (Å²) in [6.07, 6.45) is -5.14. The molecule has 8 heteroatoms. The predicted molar refractivity (Wildman–Crippen MR) is 85.1 cm³/mol. The van der Waals surface area contributed by atoms with E-state index >= 15 is 0 Å². The van der Waals surface area contributed by atoms with Crippen molar-refractivity contribution < 1.29 is 37.0 Å². The average molecular weight is 368 g/mol. The summed E-state index contributed by atoms with van der Waals surface area (Å²) in [5.41, 5.74) is -1.77. The highest BCUT2D eigenvalue weighted by Gasteiger charge is 2.35. The Bertz CT molecular complexity index is 786. The van der Waals surface area contributed by atoms with Crippen molar-refractivity contribution in [1.29, 1.82) is 0 Å². The molecule has 0 amide bonds. The van der Waals surface area contributed by atoms with Gasteiger partial charge in [0.15, 0.2) is 11.5 Å². The van der Waals surface area contributed by atoms with Crippen LogP contribution in [0.15, 0.2) is 48.5 Å². The van der Waals surface area contributed by atoms with Crippen LogP contribution in [0, 0.1) is 0 Å². The Hall–Kier alpha value is -3.03. The van der Waals surface area contributed by atoms with Crippen LogP contribution in [0.5, 0.6) is 11.5 Å². The highest BCUT2D eigenvalue weighted by Crippen LogP contribution is 2.33. The Morgan fingerprint density at radius 1 is 0.923 bits per heavy atom. The molecule has 138 valence electrons. The molecule has 0 bridgehead atoms. The lowest BCUT2D eigenvalue weighted by atomic mass is 10.1. The highest BCUT2D eigenvalue weighted by atomic mass is 19.4. The number of esters is 1. The number of hydrogen-bond acceptors (Lipinski definition) is 5. The van der Waals surface area contributed by atoms with Crippen molar-refractivity contribution in [1.82, 2.24) is 0 Å². The fourth-order valence-corrected chi connectivity index (χ4v) is 1.99. The first-order chi connectivity index (χ1) is 12.3. The lowest BCUT2D eigenvalue weighted by Gasteiger charge is -2.13. The molecule has 0 aromatic heterocycles. The topological polar surface area (TPSA) is 61.8 Å². The number of rotatable bonds is 5. The van der Waals surface area contributed by atoms with Crippen LogP contribution in [0.25, 0.3) is 0 Å². The zero-order valence-corrected chi connectivity index (χ0v) is 13.7. The van der Waals surface area contributed by atoms with Gasteiger partial charge in [0, 0.05) is 0 Å². The zero-order chi connectivity index (χ0) is 19.2. The summed E-state index contributed by atoms with van der Waals surface area (Å²) in [5, 5.41) is 0. The van der Waals surface area contributed by atoms with Crippen molar-refractivity contribution in [3.8, 4) is 11.5 Å². The third-order valence-corrected chi connectivity index (χ3v) is 3.12. The molecular weight excluding hydrogens is 353 g/mol. The SMILES string of the molecule is CCCOC(=O)Oc1ccccc1OC(=O)c1ccccc1C(F)(F)F. The maximum atomic E-state index is 13.0. The van der Waals surface area contributed by atoms with Crippen LogP contribution in [-0.2, 0) is 10.9 Å². The van der Waals surface area contributed by atoms with E-state index in [0.717, 1.165) is 12.1 Å². The number of carbonyl (C=O) groups excluding carboxylic acids is 2. The molecule has 0 N–H and O–H groups in total. The molecule has 2 aromatic carbocycles. The molecule has 26 heavy (non-hydrogen) atoms. The van der Waals surface area contributed by atoms with E-state index < -0.39 is 29.4 Å². The van der Waals surface area contributed by atoms with Crippen molar-refractivity contribution in [2.24, 2.45) is 0 Å². The monoisotopic (exact) mass is 368 g/mol. The van der Waals surface area contributed by atoms with Gasteiger partial charge in [-0.3, -0.25) is 0 Å². The Kier molecular flexibility index (Phi) is 6.21. The molecule has 0 radical (unpaired) electrons. The van der Waals surface area contributed by atoms with Gasteiger partial charge in [0.1, 0.15) is 0 Å². The van der Waals surface area contributed by atoms with E-state index in [4.69, 9.17) is 14.2 Å². The second-order valence-corrected chi connectivity index (χ2v) is 5.08. The number of carbonyl (C=O) groups is 2. The maximum Gasteiger partial charge on any atom is 0.513 e. The molecule has 0 unspecified atom stereocenters. The molecule has 2 aromatic rings. The maximum absolute atomic E-state index is 13.0. The second kappa shape index (κ2) is 8.37. The number of hydrogen-bond donors (Lipinski definition) is 0. The number of alkyl halides is 3. The fourth-order valence-electron chi connectivity index (χ4n) is 1.99. The molecular formula is C18H15F3O5. The van der Waals surface area contributed by atoms with Crippen molar-refractivity contribution in [3.05, 3.63) is 59.7 Å². The van der Waals surface area contributed by atoms with Crippen LogP contribution in [-0.4, -0.2) is 18.7 Å². The minimum Gasteiger partial charge on any atom is -0.434 e. The Morgan fingerprint density at radius 3 is 2.12 bits per heavy atom. The van der Waals surface area contributed by atoms with Crippen molar-refractivity contribution in [2.45, 2.75) is 19.5 Å². The van der Waals surface area contributed by atoms with Crippen LogP contribution in [0.2, 0.25) is 0 Å². The van der Waals surface area contributed by atoms with E-state index in [0.29, 0.717) is 6.42 Å². The van der Waals surface area contributed by atoms with Crippen LogP contribution in [0.3, 0.4) is 0 Å². The summed E-state index contributed by atoms with van der Waals surface area (Å²) in [6.45, 7) is 1.93. The molecule has 0 aliphatic carbocycles. The average Bonchev–Trinajstić information content (AvgIpc) is 2.61. The van der Waals surface area contributed by atoms with Gasteiger partial charge >= 0.3 is 18.3 Å². The van der Waals surface area contributed by atoms with Crippen molar-refractivity contribution >= 4 is 12.1 Å². The third kappa shape index (κ3) is 4.98. The lowest BCUT2D eigenvalue weighted by molar-refractivity contribution is -0.138. The van der Waals surface area contributed by atoms with E-state index in [1.165, 1.54) is 36.4 Å². The van der Waals surface area contributed by atoms with Crippen LogP contribution < -0.4 is 9.47 Å². The Balaban J connectivity index is 2.22. The van der Waals surface area contributed by atoms with Gasteiger partial charge in [0.05, 0.1) is 17.7 Å². The molecule has 0 saturated carbocycles. The first-order valence-corrected chi connectivity index (χ1v) is 7.65. The molecule has 0 aliphatic rings. The first-order valence-electron chi connectivity index (χ1n) is 7.65. The summed E-state index contributed by atoms with van der Waals surface area (Å²) >= 11 is 0. The number of ether oxygens (including phenoxy) is 3. The summed E-state index contributed by atoms with van der Waals surface area (Å²) in [7, 11) is 0. The minimum absolute atomic E-state index is 0.139. The molecule has 5 nitrogen and oxygen atoms in total. The number of para-hydroxylation sites is 2. The van der Waals surface area contributed by atoms with Gasteiger partial charge in [-0.05, 0) is 30.7 Å². The van der Waals surface area contributed by atoms with Gasteiger partial charge in [-0.15, -0.1) is 0 Å². The molecule has 0 atom stereocenters. The molecule has 0 saturated heterocycles. The van der Waals surface area contributed by atoms with Gasteiger partial charge in [-0.25, -0.2) is 9.59 Å². The lowest BCUT2D eigenvalue weighted by Crippen LogP contribution is -2.17. The summed E-state index contributed by atoms with van der Waals surface area (Å²) in [5.74, 6) is -1.58. The van der Waals surface area contributed by atoms with Crippen LogP contribution in [0.4, 0.5) is 18.0 Å². The molecule has 0 aliphatic heterocycles. The van der Waals surface area contributed by atoms with Gasteiger partial charge in [0.25, 0.3) is 0 Å². The van der Waals surface area contributed by atoms with E-state index in [2.05, 4.69) is 0 Å². The Morgan fingerprint density at radius 2 is 1.50 bits per heavy atom. The van der Waals surface area contributed by atoms with Crippen LogP contribution >= 0.6 is 0 Å². The van der Waals surface area contributed by atoms with E-state index in [1.54, 1.807) is 6.92 Å². The number of halogens is 3. The summed E-state index contributed by atoms with van der Waals surface area (Å²) in [4.78, 5) is 23.7. The van der Waals surface area contributed by atoms with Gasteiger partial charge in [0.2, 0.25) is 0 Å². The Labute approximate surface area is 147 Å². The van der Waals surface area contributed by atoms with Crippen LogP contribution in [0.1, 0.15) is 29.3 Å². The van der Waals surface area contributed by atoms with Crippen molar-refractivity contribution in [2.75, 3.05) is 6.61 Å². The minimum atomic E-state index is -4.71. The molecule has 0 heterocycles. The van der Waals surface area contributed by atoms with Gasteiger partial charge in [-0.2, -0.15) is 13.2 Å². The van der Waals surface area contributed by atoms with Gasteiger partial charge < -0.3 is 14.2 Å². The first kappa shape index (κ1) is 19.3. The summed E-state index contributed by atoms with van der Waals surface area (Å²) in [6, 6.07) is 9.83. The highest BCUT2D eigenvalue weighted by molar-refractivity contribution is 5.93. The second-order valence-electron chi connectivity index (χ2n) is 5.08. The van der Waals surface area contributed by atoms with Gasteiger partial charge in [-0.1, -0.05) is 31.2 Å². The van der Waals surface area contributed by atoms with E-state index in [9.17, 15) is 22.8 Å². The van der Waals surface area contributed by atoms with E-state index in [1.807, 2.05) is 0 Å². The summed E-state index contributed by atoms with van der Waals surface area (Å²) < 4.78 is 53.7. The van der Waals surface area contributed by atoms with E-state index in [-0.39, 0.29) is 18.1 Å². The quantitative estimate of drug-likeness (QED) is 0.429. The molecule has 0 spiro atoms. The number of benzene rings is 2. The largest absolute Gasteiger partial charge is 0.513 e. The zero-order valence-electron chi connectivity index (χ0n) is 13.7. The normalized spacial score (nSPS) is 10.9. The van der Waals surface area contributed by atoms with Crippen molar-refractivity contribution in [3.63, 3.8) is 0 Å². The third-order valence-electron chi connectivity index (χ3n) is 3.12. The molecule has 2 rings (SSSR count). The standard InChI is InChI=1S/C18H15F3O5/c1-2-11-24-17(23)26-15-10-6-5-9-14(15)25-16(22)12-7-3-4-8-13(12)18(19,20)21/h3-10H,2,11H2,1H3. The predicted octanol–water partition coefficient (Wildman–Crippen LogP) is 4.85. The molecule has 0 fully saturated rings. The smallest absolute Gasteiger partial charge is 0.434 e.